The molecule has 0 spiro atoms. The molecule has 0 radical (unpaired) electrons. The third kappa shape index (κ3) is 11.6. The molecule has 0 aliphatic carbocycles. The largest absolute Gasteiger partial charge is 0.396 e. The van der Waals surface area contributed by atoms with Gasteiger partial charge in [0.1, 0.15) is 0 Å². The molecular formula is C29H45NO2S. The van der Waals surface area contributed by atoms with Gasteiger partial charge in [0.05, 0.1) is 6.61 Å². The van der Waals surface area contributed by atoms with Gasteiger partial charge in [-0.3, -0.25) is 0 Å². The summed E-state index contributed by atoms with van der Waals surface area (Å²) in [6.07, 6.45) is 9.80. The maximum Gasteiger partial charge on any atom is 0.0701 e. The molecule has 0 aromatic heterocycles. The lowest BCUT2D eigenvalue weighted by Gasteiger charge is -2.26. The van der Waals surface area contributed by atoms with Crippen molar-refractivity contribution in [3.63, 3.8) is 0 Å². The predicted molar refractivity (Wildman–Crippen MR) is 147 cm³/mol. The molecular weight excluding hydrogens is 426 g/mol. The van der Waals surface area contributed by atoms with Crippen molar-refractivity contribution in [3.8, 4) is 0 Å². The van der Waals surface area contributed by atoms with Crippen LogP contribution >= 0.6 is 11.8 Å². The summed E-state index contributed by atoms with van der Waals surface area (Å²) < 4.78 is 0. The number of rotatable bonds is 12. The molecule has 2 N–H and O–H groups in total. The van der Waals surface area contributed by atoms with Crippen LogP contribution in [0.3, 0.4) is 0 Å². The molecule has 3 nitrogen and oxygen atoms in total. The Kier molecular flexibility index (Phi) is 17.3. The van der Waals surface area contributed by atoms with Crippen molar-refractivity contribution in [2.75, 3.05) is 26.8 Å². The number of benzene rings is 1. The minimum absolute atomic E-state index is 0.0108. The van der Waals surface area contributed by atoms with Gasteiger partial charge in [-0.1, -0.05) is 95.0 Å². The summed E-state index contributed by atoms with van der Waals surface area (Å²) in [5.41, 5.74) is 5.44. The highest BCUT2D eigenvalue weighted by Crippen LogP contribution is 2.31. The van der Waals surface area contributed by atoms with Crippen LogP contribution < -0.4 is 0 Å². The first kappa shape index (κ1) is 31.0. The molecule has 1 aromatic rings. The van der Waals surface area contributed by atoms with Gasteiger partial charge in [0, 0.05) is 36.4 Å². The van der Waals surface area contributed by atoms with Crippen molar-refractivity contribution in [2.24, 2.45) is 5.92 Å². The fraction of sp³-hybridized carbons (Fsp3) is 0.448. The topological polar surface area (TPSA) is 43.7 Å². The predicted octanol–water partition coefficient (Wildman–Crippen LogP) is 7.16. The van der Waals surface area contributed by atoms with Crippen LogP contribution in [0.15, 0.2) is 87.9 Å². The normalized spacial score (nSPS) is 13.0. The summed E-state index contributed by atoms with van der Waals surface area (Å²) in [4.78, 5) is 3.30. The molecule has 0 amide bonds. The lowest BCUT2D eigenvalue weighted by atomic mass is 9.95. The number of nitrogens with zero attached hydrogens (tertiary/aromatic N) is 1. The lowest BCUT2D eigenvalue weighted by molar-refractivity contribution is 0.299. The molecule has 0 aliphatic rings. The number of allylic oxidation sites excluding steroid dienone is 4. The number of hydrogen-bond acceptors (Lipinski definition) is 4. The molecule has 0 saturated heterocycles. The first-order chi connectivity index (χ1) is 15.8. The van der Waals surface area contributed by atoms with E-state index in [0.717, 1.165) is 39.4 Å². The zero-order valence-corrected chi connectivity index (χ0v) is 22.6. The Hall–Kier alpha value is -2.01. The number of aliphatic hydroxyl groups excluding tert-OH is 2. The van der Waals surface area contributed by atoms with Gasteiger partial charge in [-0.15, -0.1) is 0 Å². The summed E-state index contributed by atoms with van der Waals surface area (Å²) in [7, 11) is 2.05. The van der Waals surface area contributed by atoms with Gasteiger partial charge >= 0.3 is 0 Å². The van der Waals surface area contributed by atoms with E-state index in [0.29, 0.717) is 6.42 Å². The zero-order chi connectivity index (χ0) is 25.2. The van der Waals surface area contributed by atoms with Gasteiger partial charge in [0.2, 0.25) is 0 Å². The fourth-order valence-corrected chi connectivity index (χ4v) is 4.34. The van der Waals surface area contributed by atoms with Gasteiger partial charge < -0.3 is 15.1 Å². The Morgan fingerprint density at radius 3 is 2.33 bits per heavy atom. The average molecular weight is 472 g/mol. The average Bonchev–Trinajstić information content (AvgIpc) is 2.78. The van der Waals surface area contributed by atoms with E-state index in [1.165, 1.54) is 6.42 Å². The summed E-state index contributed by atoms with van der Waals surface area (Å²) in [5, 5.41) is 21.7. The van der Waals surface area contributed by atoms with Crippen LogP contribution in [0, 0.1) is 5.92 Å². The maximum absolute atomic E-state index is 10.2. The summed E-state index contributed by atoms with van der Waals surface area (Å²) in [6, 6.07) is 8.15. The van der Waals surface area contributed by atoms with Crippen molar-refractivity contribution in [2.45, 2.75) is 59.3 Å². The second-order valence-electron chi connectivity index (χ2n) is 8.19. The standard InChI is InChI=1S/C26H37NO2S.C3H8/c1-7-11-22(12-8-2)17-27(6)21(5)24(18-29)25(20(3)4)19-30-26-14-10-9-13-23(26)15-16-28;1-3-2/h7-14,19-20,28-29H,1,15-18H2,2-6H3;3H2,1-2H3/b12-8-,22-11+,24-21-,25-19+;. The van der Waals surface area contributed by atoms with E-state index in [1.54, 1.807) is 17.8 Å². The first-order valence-corrected chi connectivity index (χ1v) is 12.7. The number of thioether (sulfide) groups is 1. The summed E-state index contributed by atoms with van der Waals surface area (Å²) in [6.45, 7) is 17.3. The van der Waals surface area contributed by atoms with Crippen LogP contribution in [0.1, 0.15) is 53.5 Å². The minimum atomic E-state index is -0.0108. The van der Waals surface area contributed by atoms with Crippen LogP contribution in [0.2, 0.25) is 0 Å². The van der Waals surface area contributed by atoms with Crippen molar-refractivity contribution in [1.29, 1.82) is 0 Å². The van der Waals surface area contributed by atoms with E-state index in [4.69, 9.17) is 0 Å². The van der Waals surface area contributed by atoms with Gasteiger partial charge in [-0.2, -0.15) is 0 Å². The highest BCUT2D eigenvalue weighted by atomic mass is 32.2. The fourth-order valence-electron chi connectivity index (χ4n) is 3.19. The second-order valence-corrected chi connectivity index (χ2v) is 9.10. The van der Waals surface area contributed by atoms with E-state index in [9.17, 15) is 10.2 Å². The first-order valence-electron chi connectivity index (χ1n) is 11.8. The summed E-state index contributed by atoms with van der Waals surface area (Å²) >= 11 is 1.65. The van der Waals surface area contributed by atoms with Crippen molar-refractivity contribution < 1.29 is 10.2 Å². The van der Waals surface area contributed by atoms with Gasteiger partial charge in [0.15, 0.2) is 0 Å². The SMILES string of the molecule is C=C/C=C(\C=C/C)CN(C)/C(C)=C(CO)\C(=C\Sc1ccccc1CCO)C(C)C.CCC. The molecule has 4 heteroatoms. The Morgan fingerprint density at radius 1 is 1.18 bits per heavy atom. The molecule has 1 aromatic carbocycles. The smallest absolute Gasteiger partial charge is 0.0701 e. The number of hydrogen-bond donors (Lipinski definition) is 2. The molecule has 0 aliphatic heterocycles. The minimum Gasteiger partial charge on any atom is -0.396 e. The van der Waals surface area contributed by atoms with E-state index in [1.807, 2.05) is 38.3 Å². The molecule has 184 valence electrons. The summed E-state index contributed by atoms with van der Waals surface area (Å²) in [5.74, 6) is 0.270. The number of aliphatic hydroxyl groups is 2. The highest BCUT2D eigenvalue weighted by Gasteiger charge is 2.15. The van der Waals surface area contributed by atoms with Gasteiger partial charge in [-0.25, -0.2) is 0 Å². The molecule has 0 heterocycles. The molecule has 0 unspecified atom stereocenters. The Bertz CT molecular complexity index is 819. The van der Waals surface area contributed by atoms with Crippen LogP contribution in [0.5, 0.6) is 0 Å². The van der Waals surface area contributed by atoms with Crippen molar-refractivity contribution in [3.05, 3.63) is 88.5 Å². The van der Waals surface area contributed by atoms with Gasteiger partial charge in [-0.05, 0) is 54.4 Å². The molecule has 0 bridgehead atoms. The van der Waals surface area contributed by atoms with Crippen LogP contribution in [-0.4, -0.2) is 41.9 Å². The quantitative estimate of drug-likeness (QED) is 0.251. The van der Waals surface area contributed by atoms with Crippen LogP contribution in [-0.2, 0) is 6.42 Å². The van der Waals surface area contributed by atoms with Crippen molar-refractivity contribution >= 4 is 11.8 Å². The van der Waals surface area contributed by atoms with E-state index >= 15 is 0 Å². The van der Waals surface area contributed by atoms with E-state index < -0.39 is 0 Å². The molecule has 0 saturated carbocycles. The third-order valence-electron chi connectivity index (χ3n) is 4.94. The monoisotopic (exact) mass is 471 g/mol. The molecule has 0 atom stereocenters. The Morgan fingerprint density at radius 2 is 1.82 bits per heavy atom. The van der Waals surface area contributed by atoms with E-state index in [-0.39, 0.29) is 19.1 Å². The Labute approximate surface area is 207 Å². The Balaban J connectivity index is 0.00000322. The third-order valence-corrected chi connectivity index (χ3v) is 5.96. The molecule has 1 rings (SSSR count). The molecule has 33 heavy (non-hydrogen) atoms. The van der Waals surface area contributed by atoms with Crippen LogP contribution in [0.25, 0.3) is 0 Å². The lowest BCUT2D eigenvalue weighted by Crippen LogP contribution is -2.22. The highest BCUT2D eigenvalue weighted by molar-refractivity contribution is 8.02. The number of likely N-dealkylation sites (N-methyl/N-ethyl adjacent to an activating group) is 1. The molecule has 0 fully saturated rings. The zero-order valence-electron chi connectivity index (χ0n) is 21.8. The second kappa shape index (κ2) is 18.4. The maximum atomic E-state index is 10.2. The van der Waals surface area contributed by atoms with E-state index in [2.05, 4.69) is 69.7 Å². The van der Waals surface area contributed by atoms with Crippen LogP contribution in [0.4, 0.5) is 0 Å². The van der Waals surface area contributed by atoms with Crippen molar-refractivity contribution in [1.82, 2.24) is 4.90 Å². The van der Waals surface area contributed by atoms with Gasteiger partial charge in [0.25, 0.3) is 0 Å².